The van der Waals surface area contributed by atoms with E-state index in [1.54, 1.807) is 6.07 Å². The monoisotopic (exact) mass is 388 g/mol. The van der Waals surface area contributed by atoms with Crippen LogP contribution in [0.4, 0.5) is 5.82 Å². The van der Waals surface area contributed by atoms with Crippen molar-refractivity contribution in [2.75, 3.05) is 31.2 Å². The Morgan fingerprint density at radius 1 is 1.33 bits per heavy atom. The van der Waals surface area contributed by atoms with Gasteiger partial charge in [0.05, 0.1) is 24.1 Å². The number of rotatable bonds is 5. The van der Waals surface area contributed by atoms with E-state index in [1.807, 2.05) is 13.0 Å². The molecule has 0 aliphatic carbocycles. The van der Waals surface area contributed by atoms with E-state index in [-0.39, 0.29) is 10.8 Å². The molecule has 0 amide bonds. The van der Waals surface area contributed by atoms with Gasteiger partial charge in [-0.15, -0.1) is 11.3 Å². The van der Waals surface area contributed by atoms with E-state index in [0.29, 0.717) is 23.4 Å². The number of hydrogen-bond donors (Lipinski definition) is 1. The van der Waals surface area contributed by atoms with Gasteiger partial charge in [0.1, 0.15) is 15.9 Å². The van der Waals surface area contributed by atoms with Crippen molar-refractivity contribution in [2.24, 2.45) is 0 Å². The quantitative estimate of drug-likeness (QED) is 0.840. The number of nitrogens with zero attached hydrogens (tertiary/aromatic N) is 3. The Morgan fingerprint density at radius 2 is 2.08 bits per heavy atom. The number of aryl methyl sites for hydroxylation is 1. The SMILES string of the molecule is Cc1cc(N2CCOCC2)nc(CNS(=O)(=O)c2ccc(Cl)s2)n1. The Morgan fingerprint density at radius 3 is 2.75 bits per heavy atom. The minimum atomic E-state index is -3.62. The lowest BCUT2D eigenvalue weighted by atomic mass is 10.3. The molecule has 1 N–H and O–H groups in total. The van der Waals surface area contributed by atoms with Crippen molar-refractivity contribution >= 4 is 38.8 Å². The lowest BCUT2D eigenvalue weighted by Gasteiger charge is -2.28. The van der Waals surface area contributed by atoms with Crippen molar-refractivity contribution in [3.63, 3.8) is 0 Å². The summed E-state index contributed by atoms with van der Waals surface area (Å²) in [7, 11) is -3.62. The van der Waals surface area contributed by atoms with Crippen LogP contribution in [0.2, 0.25) is 4.34 Å². The highest BCUT2D eigenvalue weighted by Gasteiger charge is 2.18. The summed E-state index contributed by atoms with van der Waals surface area (Å²) in [6.45, 7) is 4.72. The van der Waals surface area contributed by atoms with Gasteiger partial charge in [-0.05, 0) is 19.1 Å². The zero-order chi connectivity index (χ0) is 17.2. The second-order valence-electron chi connectivity index (χ2n) is 5.27. The average molecular weight is 389 g/mol. The number of ether oxygens (including phenoxy) is 1. The number of nitrogens with one attached hydrogen (secondary N) is 1. The van der Waals surface area contributed by atoms with Crippen molar-refractivity contribution < 1.29 is 13.2 Å². The van der Waals surface area contributed by atoms with E-state index in [1.165, 1.54) is 6.07 Å². The van der Waals surface area contributed by atoms with Crippen molar-refractivity contribution in [1.29, 1.82) is 0 Å². The molecule has 1 aliphatic heterocycles. The first-order valence-electron chi connectivity index (χ1n) is 7.36. The molecule has 0 atom stereocenters. The van der Waals surface area contributed by atoms with Crippen LogP contribution in [0.5, 0.6) is 0 Å². The van der Waals surface area contributed by atoms with Crippen LogP contribution in [0.3, 0.4) is 0 Å². The summed E-state index contributed by atoms with van der Waals surface area (Å²) in [6.07, 6.45) is 0. The lowest BCUT2D eigenvalue weighted by Crippen LogP contribution is -2.37. The molecule has 7 nitrogen and oxygen atoms in total. The standard InChI is InChI=1S/C14H17ClN4O3S2/c1-10-8-13(19-4-6-22-7-5-19)18-12(17-10)9-16-24(20,21)14-3-2-11(15)23-14/h2-3,8,16H,4-7,9H2,1H3. The Labute approximate surface area is 149 Å². The first-order chi connectivity index (χ1) is 11.4. The topological polar surface area (TPSA) is 84.4 Å². The maximum Gasteiger partial charge on any atom is 0.250 e. The first kappa shape index (κ1) is 17.6. The highest BCUT2D eigenvalue weighted by Crippen LogP contribution is 2.25. The van der Waals surface area contributed by atoms with Gasteiger partial charge in [0.15, 0.2) is 0 Å². The fourth-order valence-corrected chi connectivity index (χ4v) is 4.83. The summed E-state index contributed by atoms with van der Waals surface area (Å²) in [5, 5.41) is 0. The molecule has 1 fully saturated rings. The van der Waals surface area contributed by atoms with Gasteiger partial charge in [0, 0.05) is 24.8 Å². The van der Waals surface area contributed by atoms with E-state index in [4.69, 9.17) is 16.3 Å². The van der Waals surface area contributed by atoms with Crippen LogP contribution in [-0.4, -0.2) is 44.7 Å². The fraction of sp³-hybridized carbons (Fsp3) is 0.429. The summed E-state index contributed by atoms with van der Waals surface area (Å²) >= 11 is 6.81. The molecule has 1 saturated heterocycles. The van der Waals surface area contributed by atoms with E-state index in [9.17, 15) is 8.42 Å². The van der Waals surface area contributed by atoms with Gasteiger partial charge >= 0.3 is 0 Å². The highest BCUT2D eigenvalue weighted by molar-refractivity contribution is 7.91. The number of thiophene rings is 1. The zero-order valence-corrected chi connectivity index (χ0v) is 15.4. The minimum absolute atomic E-state index is 0.0247. The van der Waals surface area contributed by atoms with Gasteiger partial charge < -0.3 is 9.64 Å². The van der Waals surface area contributed by atoms with Gasteiger partial charge in [-0.2, -0.15) is 0 Å². The van der Waals surface area contributed by atoms with Crippen LogP contribution >= 0.6 is 22.9 Å². The van der Waals surface area contributed by atoms with Crippen molar-refractivity contribution in [1.82, 2.24) is 14.7 Å². The van der Waals surface area contributed by atoms with Crippen LogP contribution in [0, 0.1) is 6.92 Å². The molecule has 0 saturated carbocycles. The Bertz CT molecular complexity index is 819. The van der Waals surface area contributed by atoms with Crippen molar-refractivity contribution in [3.05, 3.63) is 34.1 Å². The molecule has 0 radical (unpaired) electrons. The van der Waals surface area contributed by atoms with Gasteiger partial charge in [-0.25, -0.2) is 23.1 Å². The fourth-order valence-electron chi connectivity index (χ4n) is 2.32. The van der Waals surface area contributed by atoms with E-state index < -0.39 is 10.0 Å². The number of anilines is 1. The third kappa shape index (κ3) is 4.22. The maximum absolute atomic E-state index is 12.2. The van der Waals surface area contributed by atoms with Gasteiger partial charge in [0.25, 0.3) is 10.0 Å². The van der Waals surface area contributed by atoms with Gasteiger partial charge in [-0.3, -0.25) is 0 Å². The Balaban J connectivity index is 1.74. The molecule has 24 heavy (non-hydrogen) atoms. The largest absolute Gasteiger partial charge is 0.378 e. The molecule has 1 aliphatic rings. The Kier molecular flexibility index (Phi) is 5.36. The summed E-state index contributed by atoms with van der Waals surface area (Å²) in [5.41, 5.74) is 0.792. The van der Waals surface area contributed by atoms with Crippen molar-refractivity contribution in [3.8, 4) is 0 Å². The molecule has 130 valence electrons. The number of halogens is 1. The maximum atomic E-state index is 12.2. The number of sulfonamides is 1. The number of hydrogen-bond acceptors (Lipinski definition) is 7. The molecule has 10 heteroatoms. The van der Waals surface area contributed by atoms with Crippen molar-refractivity contribution in [2.45, 2.75) is 17.7 Å². The molecule has 0 bridgehead atoms. The summed E-state index contributed by atoms with van der Waals surface area (Å²) in [4.78, 5) is 10.9. The summed E-state index contributed by atoms with van der Waals surface area (Å²) < 4.78 is 33.0. The highest BCUT2D eigenvalue weighted by atomic mass is 35.5. The second-order valence-corrected chi connectivity index (χ2v) is 8.98. The first-order valence-corrected chi connectivity index (χ1v) is 10.0. The molecule has 0 unspecified atom stereocenters. The van der Waals surface area contributed by atoms with Crippen LogP contribution in [-0.2, 0) is 21.3 Å². The summed E-state index contributed by atoms with van der Waals surface area (Å²) in [6, 6.07) is 4.93. The van der Waals surface area contributed by atoms with E-state index in [2.05, 4.69) is 19.6 Å². The predicted octanol–water partition coefficient (Wildman–Crippen LogP) is 1.82. The predicted molar refractivity (Wildman–Crippen MR) is 93.2 cm³/mol. The third-order valence-electron chi connectivity index (χ3n) is 3.46. The molecule has 2 aromatic rings. The molecule has 0 aromatic carbocycles. The summed E-state index contributed by atoms with van der Waals surface area (Å²) in [5.74, 6) is 1.22. The van der Waals surface area contributed by atoms with Gasteiger partial charge in [0.2, 0.25) is 0 Å². The molecule has 0 spiro atoms. The molecule has 2 aromatic heterocycles. The van der Waals surface area contributed by atoms with Crippen LogP contribution in [0.1, 0.15) is 11.5 Å². The third-order valence-corrected chi connectivity index (χ3v) is 6.58. The van der Waals surface area contributed by atoms with E-state index >= 15 is 0 Å². The smallest absolute Gasteiger partial charge is 0.250 e. The zero-order valence-electron chi connectivity index (χ0n) is 13.0. The molecular weight excluding hydrogens is 372 g/mol. The average Bonchev–Trinajstić information content (AvgIpc) is 3.01. The molecule has 3 heterocycles. The second kappa shape index (κ2) is 7.32. The van der Waals surface area contributed by atoms with Crippen LogP contribution < -0.4 is 9.62 Å². The van der Waals surface area contributed by atoms with E-state index in [0.717, 1.165) is 35.9 Å². The lowest BCUT2D eigenvalue weighted by molar-refractivity contribution is 0.122. The normalized spacial score (nSPS) is 15.7. The van der Waals surface area contributed by atoms with Gasteiger partial charge in [-0.1, -0.05) is 11.6 Å². The molecule has 3 rings (SSSR count). The Hall–Kier alpha value is -1.26. The number of aromatic nitrogens is 2. The minimum Gasteiger partial charge on any atom is -0.378 e. The molecular formula is C14H17ClN4O3S2. The van der Waals surface area contributed by atoms with Crippen LogP contribution in [0.15, 0.2) is 22.4 Å². The number of morpholine rings is 1. The van der Waals surface area contributed by atoms with Crippen LogP contribution in [0.25, 0.3) is 0 Å².